The number of halogens is 2. The lowest BCUT2D eigenvalue weighted by molar-refractivity contribution is 0.737. The van der Waals surface area contributed by atoms with Crippen molar-refractivity contribution in [3.05, 3.63) is 32.8 Å². The number of anilines is 1. The van der Waals surface area contributed by atoms with E-state index in [9.17, 15) is 0 Å². The molecule has 3 aromatic rings. The van der Waals surface area contributed by atoms with Gasteiger partial charge >= 0.3 is 0 Å². The van der Waals surface area contributed by atoms with E-state index in [0.29, 0.717) is 5.95 Å². The lowest BCUT2D eigenvalue weighted by Gasteiger charge is -2.11. The second-order valence-electron chi connectivity index (χ2n) is 4.87. The number of aryl methyl sites for hydroxylation is 2. The number of fused-ring (bicyclic) bond motifs is 1. The second-order valence-corrected chi connectivity index (χ2v) is 6.58. The highest BCUT2D eigenvalue weighted by Crippen LogP contribution is 2.34. The summed E-state index contributed by atoms with van der Waals surface area (Å²) in [6.45, 7) is 2.13. The Morgan fingerprint density at radius 3 is 2.52 bits per heavy atom. The van der Waals surface area contributed by atoms with Crippen molar-refractivity contribution in [2.24, 2.45) is 7.05 Å². The zero-order valence-corrected chi connectivity index (χ0v) is 14.9. The molecule has 5 nitrogen and oxygen atoms in total. The van der Waals surface area contributed by atoms with E-state index in [-0.39, 0.29) is 0 Å². The van der Waals surface area contributed by atoms with Gasteiger partial charge in [-0.3, -0.25) is 4.57 Å². The SMILES string of the molecule is CCCc1nn(C)c2c1nc(N)n2-c1c(Br)cccc1Br. The van der Waals surface area contributed by atoms with Crippen LogP contribution in [0.1, 0.15) is 19.0 Å². The van der Waals surface area contributed by atoms with E-state index in [0.717, 1.165) is 44.3 Å². The Morgan fingerprint density at radius 2 is 1.90 bits per heavy atom. The van der Waals surface area contributed by atoms with Gasteiger partial charge in [-0.1, -0.05) is 19.4 Å². The molecule has 0 radical (unpaired) electrons. The molecule has 110 valence electrons. The maximum atomic E-state index is 6.17. The van der Waals surface area contributed by atoms with Crippen molar-refractivity contribution >= 4 is 49.0 Å². The van der Waals surface area contributed by atoms with Gasteiger partial charge in [0.2, 0.25) is 5.95 Å². The number of rotatable bonds is 3. The van der Waals surface area contributed by atoms with Crippen LogP contribution in [0.5, 0.6) is 0 Å². The quantitative estimate of drug-likeness (QED) is 0.711. The van der Waals surface area contributed by atoms with E-state index < -0.39 is 0 Å². The van der Waals surface area contributed by atoms with E-state index in [1.807, 2.05) is 34.5 Å². The highest BCUT2D eigenvalue weighted by molar-refractivity contribution is 9.11. The van der Waals surface area contributed by atoms with Gasteiger partial charge in [-0.05, 0) is 50.4 Å². The molecule has 0 fully saturated rings. The van der Waals surface area contributed by atoms with Crippen molar-refractivity contribution in [1.29, 1.82) is 0 Å². The van der Waals surface area contributed by atoms with Gasteiger partial charge in [-0.15, -0.1) is 0 Å². The molecule has 2 N–H and O–H groups in total. The van der Waals surface area contributed by atoms with Crippen molar-refractivity contribution < 1.29 is 0 Å². The van der Waals surface area contributed by atoms with Crippen LogP contribution in [0.25, 0.3) is 16.9 Å². The van der Waals surface area contributed by atoms with Crippen molar-refractivity contribution in [3.63, 3.8) is 0 Å². The fourth-order valence-corrected chi connectivity index (χ4v) is 3.88. The zero-order valence-electron chi connectivity index (χ0n) is 11.8. The molecule has 0 aliphatic carbocycles. The molecule has 0 atom stereocenters. The zero-order chi connectivity index (χ0) is 15.1. The first-order chi connectivity index (χ1) is 10.0. The first kappa shape index (κ1) is 14.6. The third-order valence-corrected chi connectivity index (χ3v) is 4.66. The van der Waals surface area contributed by atoms with Gasteiger partial charge in [0.1, 0.15) is 5.52 Å². The van der Waals surface area contributed by atoms with Crippen LogP contribution >= 0.6 is 31.9 Å². The van der Waals surface area contributed by atoms with Gasteiger partial charge in [0, 0.05) is 16.0 Å². The summed E-state index contributed by atoms with van der Waals surface area (Å²) in [6.07, 6.45) is 1.92. The Kier molecular flexibility index (Phi) is 3.79. The molecule has 1 aromatic carbocycles. The normalized spacial score (nSPS) is 11.4. The first-order valence-electron chi connectivity index (χ1n) is 6.68. The highest BCUT2D eigenvalue weighted by Gasteiger charge is 2.21. The minimum Gasteiger partial charge on any atom is -0.369 e. The number of nitrogen functional groups attached to an aromatic ring is 1. The number of nitrogens with zero attached hydrogens (tertiary/aromatic N) is 4. The van der Waals surface area contributed by atoms with E-state index in [2.05, 4.69) is 48.9 Å². The molecule has 0 amide bonds. The molecule has 7 heteroatoms. The summed E-state index contributed by atoms with van der Waals surface area (Å²) < 4.78 is 5.66. The Hall–Kier alpha value is -1.34. The number of imidazole rings is 1. The molecule has 0 saturated carbocycles. The molecule has 2 aromatic heterocycles. The Bertz CT molecular complexity index is 798. The smallest absolute Gasteiger partial charge is 0.207 e. The summed E-state index contributed by atoms with van der Waals surface area (Å²) >= 11 is 7.17. The lowest BCUT2D eigenvalue weighted by Crippen LogP contribution is -2.06. The predicted octanol–water partition coefficient (Wildman–Crippen LogP) is 3.82. The summed E-state index contributed by atoms with van der Waals surface area (Å²) in [5.74, 6) is 0.461. The fraction of sp³-hybridized carbons (Fsp3) is 0.286. The Balaban J connectivity index is 2.36. The fourth-order valence-electron chi connectivity index (χ4n) is 2.52. The van der Waals surface area contributed by atoms with Gasteiger partial charge in [0.05, 0.1) is 11.4 Å². The predicted molar refractivity (Wildman–Crippen MR) is 91.6 cm³/mol. The molecule has 0 aliphatic heterocycles. The third kappa shape index (κ3) is 2.28. The summed E-state index contributed by atoms with van der Waals surface area (Å²) in [4.78, 5) is 4.53. The number of nitrogens with two attached hydrogens (primary N) is 1. The standard InChI is InChI=1S/C14H15Br2N5/c1-3-5-10-11-13(20(2)19-10)21(14(17)18-11)12-8(15)6-4-7-9(12)16/h4,6-7H,3,5H2,1-2H3,(H2,17,18). The van der Waals surface area contributed by atoms with Crippen LogP contribution in [0.3, 0.4) is 0 Å². The van der Waals surface area contributed by atoms with Crippen LogP contribution in [0.4, 0.5) is 5.95 Å². The number of aromatic nitrogens is 4. The Morgan fingerprint density at radius 1 is 1.24 bits per heavy atom. The van der Waals surface area contributed by atoms with Crippen molar-refractivity contribution in [2.45, 2.75) is 19.8 Å². The number of hydrogen-bond donors (Lipinski definition) is 1. The average Bonchev–Trinajstić information content (AvgIpc) is 2.90. The van der Waals surface area contributed by atoms with Gasteiger partial charge in [0.15, 0.2) is 5.65 Å². The molecule has 0 unspecified atom stereocenters. The van der Waals surface area contributed by atoms with Crippen LogP contribution in [0.15, 0.2) is 27.1 Å². The van der Waals surface area contributed by atoms with Gasteiger partial charge in [0.25, 0.3) is 0 Å². The molecule has 0 saturated heterocycles. The summed E-state index contributed by atoms with van der Waals surface area (Å²) in [6, 6.07) is 5.93. The summed E-state index contributed by atoms with van der Waals surface area (Å²) in [5, 5.41) is 4.57. The molecule has 2 heterocycles. The molecule has 0 aliphatic rings. The van der Waals surface area contributed by atoms with Crippen molar-refractivity contribution in [2.75, 3.05) is 5.73 Å². The highest BCUT2D eigenvalue weighted by atomic mass is 79.9. The summed E-state index contributed by atoms with van der Waals surface area (Å²) in [7, 11) is 1.92. The van der Waals surface area contributed by atoms with Crippen LogP contribution in [0.2, 0.25) is 0 Å². The van der Waals surface area contributed by atoms with Crippen molar-refractivity contribution in [3.8, 4) is 5.69 Å². The van der Waals surface area contributed by atoms with E-state index in [1.165, 1.54) is 0 Å². The molecular formula is C14H15Br2N5. The maximum absolute atomic E-state index is 6.17. The Labute approximate surface area is 139 Å². The monoisotopic (exact) mass is 411 g/mol. The average molecular weight is 413 g/mol. The molecule has 3 rings (SSSR count). The van der Waals surface area contributed by atoms with E-state index in [4.69, 9.17) is 5.73 Å². The first-order valence-corrected chi connectivity index (χ1v) is 8.27. The minimum atomic E-state index is 0.461. The van der Waals surface area contributed by atoms with Gasteiger partial charge < -0.3 is 5.73 Å². The maximum Gasteiger partial charge on any atom is 0.207 e. The van der Waals surface area contributed by atoms with Crippen LogP contribution in [-0.4, -0.2) is 19.3 Å². The van der Waals surface area contributed by atoms with Gasteiger partial charge in [-0.25, -0.2) is 9.67 Å². The topological polar surface area (TPSA) is 61.7 Å². The van der Waals surface area contributed by atoms with Crippen molar-refractivity contribution in [1.82, 2.24) is 19.3 Å². The van der Waals surface area contributed by atoms with E-state index in [1.54, 1.807) is 0 Å². The molecular weight excluding hydrogens is 398 g/mol. The summed E-state index contributed by atoms with van der Waals surface area (Å²) in [5.41, 5.74) is 9.87. The van der Waals surface area contributed by atoms with Crippen LogP contribution in [-0.2, 0) is 13.5 Å². The largest absolute Gasteiger partial charge is 0.369 e. The molecule has 21 heavy (non-hydrogen) atoms. The molecule has 0 spiro atoms. The van der Waals surface area contributed by atoms with Gasteiger partial charge in [-0.2, -0.15) is 5.10 Å². The number of para-hydroxylation sites is 1. The van der Waals surface area contributed by atoms with Crippen LogP contribution < -0.4 is 5.73 Å². The minimum absolute atomic E-state index is 0.461. The lowest BCUT2D eigenvalue weighted by atomic mass is 10.2. The third-order valence-electron chi connectivity index (χ3n) is 3.38. The van der Waals surface area contributed by atoms with Crippen LogP contribution in [0, 0.1) is 0 Å². The number of hydrogen-bond acceptors (Lipinski definition) is 3. The second kappa shape index (κ2) is 5.46. The van der Waals surface area contributed by atoms with E-state index >= 15 is 0 Å². The molecule has 0 bridgehead atoms. The number of benzene rings is 1.